The average Bonchev–Trinajstić information content (AvgIpc) is 2.55. The molecule has 134 valence electrons. The molecular formula is C18H28N2O3S. The number of benzene rings is 1. The highest BCUT2D eigenvalue weighted by Crippen LogP contribution is 2.23. The Morgan fingerprint density at radius 3 is 2.38 bits per heavy atom. The molecule has 1 N–H and O–H groups in total. The van der Waals surface area contributed by atoms with Crippen molar-refractivity contribution in [3.8, 4) is 0 Å². The molecule has 1 aromatic carbocycles. The van der Waals surface area contributed by atoms with Crippen LogP contribution in [0, 0.1) is 5.92 Å². The molecule has 6 heteroatoms. The van der Waals surface area contributed by atoms with Gasteiger partial charge < -0.3 is 5.32 Å². The van der Waals surface area contributed by atoms with Crippen molar-refractivity contribution in [3.05, 3.63) is 29.8 Å². The molecule has 0 aliphatic carbocycles. The Kier molecular flexibility index (Phi) is 6.40. The zero-order valence-electron chi connectivity index (χ0n) is 14.8. The molecule has 0 radical (unpaired) electrons. The maximum Gasteiger partial charge on any atom is 0.251 e. The zero-order chi connectivity index (χ0) is 17.7. The summed E-state index contributed by atoms with van der Waals surface area (Å²) in [6.07, 6.45) is 3.72. The van der Waals surface area contributed by atoms with Crippen LogP contribution in [0.25, 0.3) is 0 Å². The molecule has 0 unspecified atom stereocenters. The molecule has 0 aromatic heterocycles. The third-order valence-corrected chi connectivity index (χ3v) is 6.51. The maximum atomic E-state index is 12.7. The van der Waals surface area contributed by atoms with Crippen LogP contribution in [0.2, 0.25) is 0 Å². The number of nitrogens with zero attached hydrogens (tertiary/aromatic N) is 1. The lowest BCUT2D eigenvalue weighted by atomic mass is 10.0. The van der Waals surface area contributed by atoms with Gasteiger partial charge >= 0.3 is 0 Å². The number of hydrogen-bond acceptors (Lipinski definition) is 3. The molecule has 5 nitrogen and oxygen atoms in total. The SMILES string of the molecule is CCC[C@H](C)NC(=O)c1ccc(S(=O)(=O)N2CCC(C)CC2)cc1. The Balaban J connectivity index is 2.07. The molecule has 1 heterocycles. The van der Waals surface area contributed by atoms with Gasteiger partial charge in [0.05, 0.1) is 4.90 Å². The van der Waals surface area contributed by atoms with Gasteiger partial charge in [0.1, 0.15) is 0 Å². The van der Waals surface area contributed by atoms with Gasteiger partial charge in [-0.3, -0.25) is 4.79 Å². The number of rotatable bonds is 6. The summed E-state index contributed by atoms with van der Waals surface area (Å²) in [5.74, 6) is 0.416. The second-order valence-corrected chi connectivity index (χ2v) is 8.71. The smallest absolute Gasteiger partial charge is 0.251 e. The molecular weight excluding hydrogens is 324 g/mol. The number of piperidine rings is 1. The lowest BCUT2D eigenvalue weighted by Crippen LogP contribution is -2.37. The molecule has 2 rings (SSSR count). The Labute approximate surface area is 145 Å². The fourth-order valence-corrected chi connectivity index (χ4v) is 4.43. The van der Waals surface area contributed by atoms with Gasteiger partial charge in [-0.2, -0.15) is 4.31 Å². The summed E-state index contributed by atoms with van der Waals surface area (Å²) in [4.78, 5) is 12.4. The Bertz CT molecular complexity index is 647. The molecule has 0 spiro atoms. The molecule has 1 atom stereocenters. The molecule has 1 fully saturated rings. The first-order valence-corrected chi connectivity index (χ1v) is 10.2. The van der Waals surface area contributed by atoms with Gasteiger partial charge in [-0.05, 0) is 56.4 Å². The normalized spacial score (nSPS) is 18.3. The minimum absolute atomic E-state index is 0.112. The van der Waals surface area contributed by atoms with E-state index in [0.29, 0.717) is 24.6 Å². The first-order chi connectivity index (χ1) is 11.3. The van der Waals surface area contributed by atoms with Gasteiger partial charge in [-0.1, -0.05) is 20.3 Å². The zero-order valence-corrected chi connectivity index (χ0v) is 15.6. The summed E-state index contributed by atoms with van der Waals surface area (Å²) in [7, 11) is -3.46. The lowest BCUT2D eigenvalue weighted by Gasteiger charge is -2.29. The lowest BCUT2D eigenvalue weighted by molar-refractivity contribution is 0.0938. The maximum absolute atomic E-state index is 12.7. The van der Waals surface area contributed by atoms with E-state index in [4.69, 9.17) is 0 Å². The quantitative estimate of drug-likeness (QED) is 0.856. The van der Waals surface area contributed by atoms with Crippen LogP contribution in [0.1, 0.15) is 56.8 Å². The van der Waals surface area contributed by atoms with Gasteiger partial charge in [-0.25, -0.2) is 8.42 Å². The standard InChI is InChI=1S/C18H28N2O3S/c1-4-5-15(3)19-18(21)16-6-8-17(9-7-16)24(22,23)20-12-10-14(2)11-13-20/h6-9,14-15H,4-5,10-13H2,1-3H3,(H,19,21)/t15-/m0/s1. The Morgan fingerprint density at radius 1 is 1.25 bits per heavy atom. The van der Waals surface area contributed by atoms with E-state index < -0.39 is 10.0 Å². The van der Waals surface area contributed by atoms with Crippen LogP contribution >= 0.6 is 0 Å². The third-order valence-electron chi connectivity index (χ3n) is 4.60. The van der Waals surface area contributed by atoms with Crippen molar-refractivity contribution in [1.82, 2.24) is 9.62 Å². The van der Waals surface area contributed by atoms with Crippen LogP contribution in [0.4, 0.5) is 0 Å². The van der Waals surface area contributed by atoms with Crippen molar-refractivity contribution >= 4 is 15.9 Å². The molecule has 1 amide bonds. The fourth-order valence-electron chi connectivity index (χ4n) is 2.96. The summed E-state index contributed by atoms with van der Waals surface area (Å²) in [5, 5.41) is 2.92. The number of sulfonamides is 1. The van der Waals surface area contributed by atoms with E-state index in [0.717, 1.165) is 25.7 Å². The van der Waals surface area contributed by atoms with Crippen molar-refractivity contribution in [2.24, 2.45) is 5.92 Å². The minimum atomic E-state index is -3.46. The van der Waals surface area contributed by atoms with Gasteiger partial charge in [0.15, 0.2) is 0 Å². The van der Waals surface area contributed by atoms with E-state index in [1.165, 1.54) is 12.1 Å². The van der Waals surface area contributed by atoms with E-state index in [1.54, 1.807) is 16.4 Å². The number of amides is 1. The predicted molar refractivity (Wildman–Crippen MR) is 95.4 cm³/mol. The largest absolute Gasteiger partial charge is 0.350 e. The van der Waals surface area contributed by atoms with Crippen LogP contribution < -0.4 is 5.32 Å². The van der Waals surface area contributed by atoms with E-state index in [9.17, 15) is 13.2 Å². The van der Waals surface area contributed by atoms with E-state index in [-0.39, 0.29) is 16.8 Å². The van der Waals surface area contributed by atoms with Crippen LogP contribution in [0.5, 0.6) is 0 Å². The molecule has 24 heavy (non-hydrogen) atoms. The van der Waals surface area contributed by atoms with Crippen LogP contribution in [-0.2, 0) is 10.0 Å². The highest BCUT2D eigenvalue weighted by Gasteiger charge is 2.28. The molecule has 1 saturated heterocycles. The molecule has 1 aliphatic heterocycles. The number of carbonyl (C=O) groups excluding carboxylic acids is 1. The predicted octanol–water partition coefficient (Wildman–Crippen LogP) is 3.03. The monoisotopic (exact) mass is 352 g/mol. The summed E-state index contributed by atoms with van der Waals surface area (Å²) in [6.45, 7) is 7.33. The average molecular weight is 353 g/mol. The van der Waals surface area contributed by atoms with Gasteiger partial charge in [0.2, 0.25) is 10.0 Å². The highest BCUT2D eigenvalue weighted by molar-refractivity contribution is 7.89. The summed E-state index contributed by atoms with van der Waals surface area (Å²) >= 11 is 0. The molecule has 0 saturated carbocycles. The number of hydrogen-bond donors (Lipinski definition) is 1. The Hall–Kier alpha value is -1.40. The van der Waals surface area contributed by atoms with Crippen molar-refractivity contribution < 1.29 is 13.2 Å². The summed E-state index contributed by atoms with van der Waals surface area (Å²) in [5.41, 5.74) is 0.490. The van der Waals surface area contributed by atoms with Crippen LogP contribution in [0.15, 0.2) is 29.2 Å². The topological polar surface area (TPSA) is 66.5 Å². The summed E-state index contributed by atoms with van der Waals surface area (Å²) in [6, 6.07) is 6.36. The van der Waals surface area contributed by atoms with E-state index >= 15 is 0 Å². The Morgan fingerprint density at radius 2 is 1.83 bits per heavy atom. The molecule has 1 aromatic rings. The third kappa shape index (κ3) is 4.57. The first-order valence-electron chi connectivity index (χ1n) is 8.75. The highest BCUT2D eigenvalue weighted by atomic mass is 32.2. The molecule has 0 bridgehead atoms. The second kappa shape index (κ2) is 8.12. The van der Waals surface area contributed by atoms with Gasteiger partial charge in [-0.15, -0.1) is 0 Å². The number of nitrogens with one attached hydrogen (secondary N) is 1. The molecule has 1 aliphatic rings. The van der Waals surface area contributed by atoms with Gasteiger partial charge in [0, 0.05) is 24.7 Å². The van der Waals surface area contributed by atoms with E-state index in [2.05, 4.69) is 19.2 Å². The van der Waals surface area contributed by atoms with E-state index in [1.807, 2.05) is 6.92 Å². The first kappa shape index (κ1) is 18.9. The summed E-state index contributed by atoms with van der Waals surface area (Å²) < 4.78 is 26.9. The van der Waals surface area contributed by atoms with Crippen molar-refractivity contribution in [2.45, 2.75) is 57.4 Å². The van der Waals surface area contributed by atoms with Crippen molar-refractivity contribution in [1.29, 1.82) is 0 Å². The van der Waals surface area contributed by atoms with Crippen molar-refractivity contribution in [2.75, 3.05) is 13.1 Å². The minimum Gasteiger partial charge on any atom is -0.350 e. The van der Waals surface area contributed by atoms with Crippen molar-refractivity contribution in [3.63, 3.8) is 0 Å². The second-order valence-electron chi connectivity index (χ2n) is 6.77. The van der Waals surface area contributed by atoms with Gasteiger partial charge in [0.25, 0.3) is 5.91 Å². The fraction of sp³-hybridized carbons (Fsp3) is 0.611. The van der Waals surface area contributed by atoms with Crippen LogP contribution in [0.3, 0.4) is 0 Å². The number of carbonyl (C=O) groups is 1. The van der Waals surface area contributed by atoms with Crippen LogP contribution in [-0.4, -0.2) is 37.8 Å².